The molecule has 0 radical (unpaired) electrons. The standard InChI is InChI=1S/C13H8Cl2N4O/c14-9-1-3-12(15)11(5-9)13-4-2-10(20-13)6-18-19-7-16-17-8-19/h1-8H/b18-6+. The molecule has 0 unspecified atom stereocenters. The summed E-state index contributed by atoms with van der Waals surface area (Å²) in [6.07, 6.45) is 4.52. The number of halogens is 2. The number of rotatable bonds is 3. The van der Waals surface area contributed by atoms with Crippen molar-refractivity contribution in [3.8, 4) is 11.3 Å². The molecule has 20 heavy (non-hydrogen) atoms. The Hall–Kier alpha value is -2.11. The monoisotopic (exact) mass is 306 g/mol. The Balaban J connectivity index is 1.88. The Morgan fingerprint density at radius 3 is 2.70 bits per heavy atom. The summed E-state index contributed by atoms with van der Waals surface area (Å²) in [7, 11) is 0. The second kappa shape index (κ2) is 5.48. The summed E-state index contributed by atoms with van der Waals surface area (Å²) in [5, 5.41) is 12.6. The molecule has 0 atom stereocenters. The van der Waals surface area contributed by atoms with Gasteiger partial charge in [0.1, 0.15) is 24.2 Å². The summed E-state index contributed by atoms with van der Waals surface area (Å²) in [5.74, 6) is 1.22. The van der Waals surface area contributed by atoms with Gasteiger partial charge in [0.25, 0.3) is 0 Å². The third kappa shape index (κ3) is 2.74. The first-order chi connectivity index (χ1) is 9.72. The average Bonchev–Trinajstić information content (AvgIpc) is 3.10. The summed E-state index contributed by atoms with van der Waals surface area (Å²) in [5.41, 5.74) is 0.739. The van der Waals surface area contributed by atoms with E-state index in [2.05, 4.69) is 15.3 Å². The Morgan fingerprint density at radius 1 is 1.10 bits per heavy atom. The van der Waals surface area contributed by atoms with Gasteiger partial charge in [-0.05, 0) is 30.3 Å². The lowest BCUT2D eigenvalue weighted by Crippen LogP contribution is -1.85. The van der Waals surface area contributed by atoms with Gasteiger partial charge in [0.05, 0.1) is 11.2 Å². The molecule has 5 nitrogen and oxygen atoms in total. The minimum absolute atomic E-state index is 0.575. The molecule has 0 bridgehead atoms. The predicted octanol–water partition coefficient (Wildman–Crippen LogP) is 3.73. The van der Waals surface area contributed by atoms with Crippen molar-refractivity contribution in [3.05, 3.63) is 58.8 Å². The van der Waals surface area contributed by atoms with Gasteiger partial charge in [0, 0.05) is 10.6 Å². The second-order valence-corrected chi connectivity index (χ2v) is 4.76. The third-order valence-corrected chi connectivity index (χ3v) is 3.11. The van der Waals surface area contributed by atoms with Gasteiger partial charge in [0.2, 0.25) is 0 Å². The molecule has 0 spiro atoms. The predicted molar refractivity (Wildman–Crippen MR) is 77.2 cm³/mol. The Labute approximate surface area is 124 Å². The van der Waals surface area contributed by atoms with Crippen LogP contribution in [-0.4, -0.2) is 21.1 Å². The molecular weight excluding hydrogens is 299 g/mol. The van der Waals surface area contributed by atoms with Gasteiger partial charge in [-0.15, -0.1) is 10.2 Å². The van der Waals surface area contributed by atoms with Gasteiger partial charge in [-0.3, -0.25) is 0 Å². The number of benzene rings is 1. The fourth-order valence-electron chi connectivity index (χ4n) is 1.63. The Morgan fingerprint density at radius 2 is 1.90 bits per heavy atom. The van der Waals surface area contributed by atoms with E-state index in [0.717, 1.165) is 5.56 Å². The van der Waals surface area contributed by atoms with Crippen molar-refractivity contribution in [1.82, 2.24) is 14.9 Å². The van der Waals surface area contributed by atoms with E-state index in [9.17, 15) is 0 Å². The quantitative estimate of drug-likeness (QED) is 0.693. The van der Waals surface area contributed by atoms with Crippen molar-refractivity contribution in [2.45, 2.75) is 0 Å². The van der Waals surface area contributed by atoms with Crippen LogP contribution in [-0.2, 0) is 0 Å². The van der Waals surface area contributed by atoms with Gasteiger partial charge in [-0.2, -0.15) is 5.10 Å². The topological polar surface area (TPSA) is 56.2 Å². The lowest BCUT2D eigenvalue weighted by Gasteiger charge is -2.00. The maximum atomic E-state index is 6.13. The molecule has 0 fully saturated rings. The molecule has 0 saturated heterocycles. The maximum Gasteiger partial charge on any atom is 0.147 e. The van der Waals surface area contributed by atoms with E-state index in [1.54, 1.807) is 30.5 Å². The third-order valence-electron chi connectivity index (χ3n) is 2.55. The molecule has 0 amide bonds. The zero-order valence-corrected chi connectivity index (χ0v) is 11.6. The van der Waals surface area contributed by atoms with E-state index in [1.807, 2.05) is 6.07 Å². The van der Waals surface area contributed by atoms with Gasteiger partial charge >= 0.3 is 0 Å². The van der Waals surface area contributed by atoms with Crippen LogP contribution in [0.25, 0.3) is 11.3 Å². The highest BCUT2D eigenvalue weighted by molar-refractivity contribution is 6.35. The van der Waals surface area contributed by atoms with E-state index in [1.165, 1.54) is 17.3 Å². The van der Waals surface area contributed by atoms with Crippen LogP contribution < -0.4 is 0 Å². The minimum atomic E-state index is 0.575. The van der Waals surface area contributed by atoms with Crippen LogP contribution >= 0.6 is 23.2 Å². The fraction of sp³-hybridized carbons (Fsp3) is 0. The molecule has 3 aromatic rings. The Kier molecular flexibility index (Phi) is 3.54. The summed E-state index contributed by atoms with van der Waals surface area (Å²) in [4.78, 5) is 0. The van der Waals surface area contributed by atoms with Crippen LogP contribution in [0.4, 0.5) is 0 Å². The van der Waals surface area contributed by atoms with Gasteiger partial charge < -0.3 is 4.42 Å². The number of furan rings is 1. The van der Waals surface area contributed by atoms with Crippen LogP contribution in [0.2, 0.25) is 10.0 Å². The van der Waals surface area contributed by atoms with Crippen molar-refractivity contribution in [1.29, 1.82) is 0 Å². The van der Waals surface area contributed by atoms with Crippen molar-refractivity contribution < 1.29 is 4.42 Å². The molecule has 3 rings (SSSR count). The highest BCUT2D eigenvalue weighted by Crippen LogP contribution is 2.31. The van der Waals surface area contributed by atoms with Crippen LogP contribution in [0.15, 0.2) is 52.5 Å². The van der Waals surface area contributed by atoms with E-state index >= 15 is 0 Å². The van der Waals surface area contributed by atoms with E-state index < -0.39 is 0 Å². The van der Waals surface area contributed by atoms with Crippen molar-refractivity contribution in [2.24, 2.45) is 5.10 Å². The summed E-state index contributed by atoms with van der Waals surface area (Å²) >= 11 is 12.1. The average molecular weight is 307 g/mol. The van der Waals surface area contributed by atoms with Crippen molar-refractivity contribution >= 4 is 29.4 Å². The molecule has 0 saturated carbocycles. The molecule has 100 valence electrons. The van der Waals surface area contributed by atoms with Crippen LogP contribution in [0, 0.1) is 0 Å². The molecule has 1 aromatic carbocycles. The van der Waals surface area contributed by atoms with Gasteiger partial charge in [-0.1, -0.05) is 23.2 Å². The van der Waals surface area contributed by atoms with E-state index in [0.29, 0.717) is 21.6 Å². The summed E-state index contributed by atoms with van der Waals surface area (Å²) < 4.78 is 7.12. The number of nitrogens with zero attached hydrogens (tertiary/aromatic N) is 4. The maximum absolute atomic E-state index is 6.13. The molecule has 0 aliphatic carbocycles. The van der Waals surface area contributed by atoms with E-state index in [4.69, 9.17) is 27.6 Å². The highest BCUT2D eigenvalue weighted by Gasteiger charge is 2.08. The zero-order valence-electron chi connectivity index (χ0n) is 10.1. The van der Waals surface area contributed by atoms with Crippen LogP contribution in [0.5, 0.6) is 0 Å². The molecular formula is C13H8Cl2N4O. The Bertz CT molecular complexity index is 750. The highest BCUT2D eigenvalue weighted by atomic mass is 35.5. The van der Waals surface area contributed by atoms with Gasteiger partial charge in [0.15, 0.2) is 0 Å². The largest absolute Gasteiger partial charge is 0.455 e. The molecule has 0 aliphatic rings. The molecule has 2 aromatic heterocycles. The van der Waals surface area contributed by atoms with Crippen molar-refractivity contribution in [3.63, 3.8) is 0 Å². The smallest absolute Gasteiger partial charge is 0.147 e. The first-order valence-electron chi connectivity index (χ1n) is 5.66. The van der Waals surface area contributed by atoms with Gasteiger partial charge in [-0.25, -0.2) is 4.68 Å². The number of hydrogen-bond acceptors (Lipinski definition) is 4. The summed E-state index contributed by atoms with van der Waals surface area (Å²) in [6.45, 7) is 0. The number of aromatic nitrogens is 3. The molecule has 0 N–H and O–H groups in total. The second-order valence-electron chi connectivity index (χ2n) is 3.91. The van der Waals surface area contributed by atoms with Crippen LogP contribution in [0.3, 0.4) is 0 Å². The van der Waals surface area contributed by atoms with Crippen LogP contribution in [0.1, 0.15) is 5.76 Å². The van der Waals surface area contributed by atoms with Crippen molar-refractivity contribution in [2.75, 3.05) is 0 Å². The summed E-state index contributed by atoms with van der Waals surface area (Å²) in [6, 6.07) is 8.81. The zero-order chi connectivity index (χ0) is 13.9. The normalized spacial score (nSPS) is 11.3. The lowest BCUT2D eigenvalue weighted by molar-refractivity contribution is 0.574. The first kappa shape index (κ1) is 12.9. The fourth-order valence-corrected chi connectivity index (χ4v) is 2.01. The SMILES string of the molecule is Clc1ccc(Cl)c(-c2ccc(/C=N/n3cnnc3)o2)c1. The molecule has 7 heteroatoms. The first-order valence-corrected chi connectivity index (χ1v) is 6.42. The lowest BCUT2D eigenvalue weighted by atomic mass is 10.2. The molecule has 0 aliphatic heterocycles. The number of hydrogen-bond donors (Lipinski definition) is 0. The molecule has 2 heterocycles. The minimum Gasteiger partial charge on any atom is -0.455 e. The van der Waals surface area contributed by atoms with E-state index in [-0.39, 0.29) is 0 Å².